The average Bonchev–Trinajstić information content (AvgIpc) is 2.26. The summed E-state index contributed by atoms with van der Waals surface area (Å²) in [6, 6.07) is 7.75. The zero-order valence-electron chi connectivity index (χ0n) is 8.99. The summed E-state index contributed by atoms with van der Waals surface area (Å²) in [5, 5.41) is 8.70. The Labute approximate surface area is 90.5 Å². The molecule has 0 amide bonds. The summed E-state index contributed by atoms with van der Waals surface area (Å²) in [7, 11) is 0. The van der Waals surface area contributed by atoms with Crippen molar-refractivity contribution in [3.05, 3.63) is 34.9 Å². The van der Waals surface area contributed by atoms with Crippen LogP contribution in [0.3, 0.4) is 0 Å². The van der Waals surface area contributed by atoms with Gasteiger partial charge >= 0.3 is 0 Å². The Morgan fingerprint density at radius 3 is 2.87 bits per heavy atom. The summed E-state index contributed by atoms with van der Waals surface area (Å²) < 4.78 is 5.45. The summed E-state index contributed by atoms with van der Waals surface area (Å²) in [5.41, 5.74) is 8.28. The Hall–Kier alpha value is -1.37. The molecule has 0 heterocycles. The molecule has 1 rings (SSSR count). The number of nitrogens with two attached hydrogens (primary N) is 1. The first kappa shape index (κ1) is 11.7. The van der Waals surface area contributed by atoms with Crippen molar-refractivity contribution >= 4 is 0 Å². The summed E-state index contributed by atoms with van der Waals surface area (Å²) in [6.07, 6.45) is 0.884. The van der Waals surface area contributed by atoms with Crippen LogP contribution in [0.5, 0.6) is 0 Å². The fourth-order valence-electron chi connectivity index (χ4n) is 1.29. The fraction of sp³-hybridized carbons (Fsp3) is 0.417. The van der Waals surface area contributed by atoms with Crippen molar-refractivity contribution < 1.29 is 4.74 Å². The second-order valence-corrected chi connectivity index (χ2v) is 3.45. The minimum Gasteiger partial charge on any atom is -0.377 e. The van der Waals surface area contributed by atoms with Crippen molar-refractivity contribution in [2.75, 3.05) is 13.2 Å². The van der Waals surface area contributed by atoms with Crippen molar-refractivity contribution in [3.8, 4) is 6.07 Å². The summed E-state index contributed by atoms with van der Waals surface area (Å²) in [5.74, 6) is 0. The van der Waals surface area contributed by atoms with Gasteiger partial charge in [-0.25, -0.2) is 0 Å². The highest BCUT2D eigenvalue weighted by Gasteiger charge is 1.99. The molecule has 1 aromatic carbocycles. The van der Waals surface area contributed by atoms with Crippen molar-refractivity contribution in [2.24, 2.45) is 5.73 Å². The van der Waals surface area contributed by atoms with Crippen LogP contribution in [0.1, 0.15) is 23.1 Å². The minimum atomic E-state index is 0.595. The first-order valence-electron chi connectivity index (χ1n) is 5.05. The predicted octanol–water partition coefficient (Wildman–Crippen LogP) is 1.73. The van der Waals surface area contributed by atoms with Gasteiger partial charge in [0.1, 0.15) is 0 Å². The average molecular weight is 204 g/mol. The largest absolute Gasteiger partial charge is 0.377 e. The molecule has 0 saturated heterocycles. The normalized spacial score (nSPS) is 9.93. The highest BCUT2D eigenvalue weighted by atomic mass is 16.5. The Morgan fingerprint density at radius 1 is 1.47 bits per heavy atom. The molecule has 0 spiro atoms. The lowest BCUT2D eigenvalue weighted by Gasteiger charge is -2.06. The van der Waals surface area contributed by atoms with E-state index >= 15 is 0 Å². The maximum Gasteiger partial charge on any atom is 0.0991 e. The van der Waals surface area contributed by atoms with Crippen molar-refractivity contribution in [1.29, 1.82) is 5.26 Å². The molecule has 0 bridgehead atoms. The van der Waals surface area contributed by atoms with Gasteiger partial charge in [-0.3, -0.25) is 0 Å². The molecule has 0 aromatic heterocycles. The van der Waals surface area contributed by atoms with Crippen molar-refractivity contribution in [3.63, 3.8) is 0 Å². The zero-order chi connectivity index (χ0) is 11.1. The third-order valence-corrected chi connectivity index (χ3v) is 2.22. The number of benzene rings is 1. The van der Waals surface area contributed by atoms with Gasteiger partial charge in [-0.2, -0.15) is 5.26 Å². The predicted molar refractivity (Wildman–Crippen MR) is 59.2 cm³/mol. The van der Waals surface area contributed by atoms with E-state index in [4.69, 9.17) is 15.7 Å². The molecule has 3 nitrogen and oxygen atoms in total. The van der Waals surface area contributed by atoms with Crippen molar-refractivity contribution in [2.45, 2.75) is 20.0 Å². The molecule has 0 unspecified atom stereocenters. The molecular weight excluding hydrogens is 188 g/mol. The molecule has 2 N–H and O–H groups in total. The van der Waals surface area contributed by atoms with Crippen LogP contribution < -0.4 is 5.73 Å². The summed E-state index contributed by atoms with van der Waals surface area (Å²) >= 11 is 0. The molecule has 0 fully saturated rings. The Balaban J connectivity index is 2.52. The second kappa shape index (κ2) is 6.18. The van der Waals surface area contributed by atoms with Gasteiger partial charge in [0.15, 0.2) is 0 Å². The van der Waals surface area contributed by atoms with E-state index < -0.39 is 0 Å². The molecule has 80 valence electrons. The second-order valence-electron chi connectivity index (χ2n) is 3.45. The smallest absolute Gasteiger partial charge is 0.0991 e. The van der Waals surface area contributed by atoms with Gasteiger partial charge in [0.25, 0.3) is 0 Å². The third kappa shape index (κ3) is 3.70. The van der Waals surface area contributed by atoms with E-state index in [-0.39, 0.29) is 0 Å². The number of nitrogens with zero attached hydrogens (tertiary/aromatic N) is 1. The van der Waals surface area contributed by atoms with Gasteiger partial charge in [0, 0.05) is 6.61 Å². The Bertz CT molecular complexity index is 355. The van der Waals surface area contributed by atoms with Crippen LogP contribution in [-0.2, 0) is 11.3 Å². The molecule has 0 aliphatic heterocycles. The first-order valence-corrected chi connectivity index (χ1v) is 5.05. The number of hydrogen-bond acceptors (Lipinski definition) is 3. The van der Waals surface area contributed by atoms with Crippen LogP contribution in [-0.4, -0.2) is 13.2 Å². The molecule has 1 aromatic rings. The molecule has 0 saturated carbocycles. The lowest BCUT2D eigenvalue weighted by atomic mass is 10.1. The first-order chi connectivity index (χ1) is 7.27. The highest BCUT2D eigenvalue weighted by Crippen LogP contribution is 2.11. The van der Waals surface area contributed by atoms with Crippen LogP contribution in [0.2, 0.25) is 0 Å². The van der Waals surface area contributed by atoms with Crippen LogP contribution in [0.4, 0.5) is 0 Å². The van der Waals surface area contributed by atoms with Gasteiger partial charge in [0.2, 0.25) is 0 Å². The highest BCUT2D eigenvalue weighted by molar-refractivity contribution is 5.37. The fourth-order valence-corrected chi connectivity index (χ4v) is 1.29. The van der Waals surface area contributed by atoms with Gasteiger partial charge in [-0.1, -0.05) is 6.07 Å². The summed E-state index contributed by atoms with van der Waals surface area (Å²) in [4.78, 5) is 0. The molecule has 0 atom stereocenters. The van der Waals surface area contributed by atoms with E-state index in [0.29, 0.717) is 25.3 Å². The maximum atomic E-state index is 8.70. The number of rotatable bonds is 5. The topological polar surface area (TPSA) is 59.0 Å². The van der Waals surface area contributed by atoms with E-state index in [2.05, 4.69) is 6.07 Å². The standard InChI is InChI=1S/C12H16N2O/c1-10-7-11(8-14)3-4-12(10)9-15-6-2-5-13/h3-4,7H,2,5-6,9,13H2,1H3. The molecular formula is C12H16N2O. The number of aryl methyl sites for hydroxylation is 1. The maximum absolute atomic E-state index is 8.70. The zero-order valence-corrected chi connectivity index (χ0v) is 8.99. The van der Waals surface area contributed by atoms with Gasteiger partial charge in [-0.05, 0) is 43.1 Å². The lowest BCUT2D eigenvalue weighted by Crippen LogP contribution is -2.04. The van der Waals surface area contributed by atoms with Gasteiger partial charge in [0.05, 0.1) is 18.2 Å². The summed E-state index contributed by atoms with van der Waals surface area (Å²) in [6.45, 7) is 3.93. The molecule has 0 aliphatic rings. The molecule has 0 aliphatic carbocycles. The monoisotopic (exact) mass is 204 g/mol. The van der Waals surface area contributed by atoms with E-state index in [1.165, 1.54) is 0 Å². The van der Waals surface area contributed by atoms with Crippen LogP contribution in [0.25, 0.3) is 0 Å². The van der Waals surface area contributed by atoms with E-state index in [9.17, 15) is 0 Å². The van der Waals surface area contributed by atoms with Gasteiger partial charge < -0.3 is 10.5 Å². The Morgan fingerprint density at radius 2 is 2.27 bits per heavy atom. The van der Waals surface area contributed by atoms with E-state index in [0.717, 1.165) is 17.5 Å². The van der Waals surface area contributed by atoms with Crippen molar-refractivity contribution in [1.82, 2.24) is 0 Å². The van der Waals surface area contributed by atoms with Crippen LogP contribution in [0.15, 0.2) is 18.2 Å². The quantitative estimate of drug-likeness (QED) is 0.743. The SMILES string of the molecule is Cc1cc(C#N)ccc1COCCCN. The molecule has 0 radical (unpaired) electrons. The number of hydrogen-bond donors (Lipinski definition) is 1. The minimum absolute atomic E-state index is 0.595. The number of ether oxygens (including phenoxy) is 1. The Kier molecular flexibility index (Phi) is 4.82. The number of nitriles is 1. The molecule has 3 heteroatoms. The van der Waals surface area contributed by atoms with Crippen LogP contribution >= 0.6 is 0 Å². The van der Waals surface area contributed by atoms with Gasteiger partial charge in [-0.15, -0.1) is 0 Å². The lowest BCUT2D eigenvalue weighted by molar-refractivity contribution is 0.119. The van der Waals surface area contributed by atoms with Crippen LogP contribution in [0, 0.1) is 18.3 Å². The van der Waals surface area contributed by atoms with E-state index in [1.807, 2.05) is 25.1 Å². The third-order valence-electron chi connectivity index (χ3n) is 2.22. The molecule has 15 heavy (non-hydrogen) atoms. The van der Waals surface area contributed by atoms with E-state index in [1.54, 1.807) is 0 Å².